The zero-order valence-corrected chi connectivity index (χ0v) is 12.7. The summed E-state index contributed by atoms with van der Waals surface area (Å²) >= 11 is 0. The quantitative estimate of drug-likeness (QED) is 0.942. The molecule has 108 valence electrons. The summed E-state index contributed by atoms with van der Waals surface area (Å²) in [4.78, 5) is 0.261. The Hall–Kier alpha value is -2.32. The van der Waals surface area contributed by atoms with E-state index in [0.29, 0.717) is 5.69 Å². The van der Waals surface area contributed by atoms with E-state index in [1.165, 1.54) is 18.4 Å². The molecule has 2 aromatic rings. The number of nitrogens with zero attached hydrogens (tertiary/aromatic N) is 1. The Morgan fingerprint density at radius 1 is 1.05 bits per heavy atom. The molecule has 5 heteroatoms. The Labute approximate surface area is 125 Å². The lowest BCUT2D eigenvalue weighted by Crippen LogP contribution is -2.08. The average Bonchev–Trinajstić information content (AvgIpc) is 2.45. The fourth-order valence-corrected chi connectivity index (χ4v) is 2.54. The molecule has 21 heavy (non-hydrogen) atoms. The Morgan fingerprint density at radius 3 is 2.10 bits per heavy atom. The van der Waals surface area contributed by atoms with Gasteiger partial charge >= 0.3 is 0 Å². The first-order valence-electron chi connectivity index (χ1n) is 6.43. The van der Waals surface area contributed by atoms with E-state index in [9.17, 15) is 13.7 Å². The van der Waals surface area contributed by atoms with Gasteiger partial charge in [-0.05, 0) is 36.8 Å². The highest BCUT2D eigenvalue weighted by Crippen LogP contribution is 2.21. The molecular formula is C16H16N2O2S. The number of anilines is 1. The predicted octanol–water partition coefficient (Wildman–Crippen LogP) is 3.08. The topological polar surface area (TPSA) is 70.0 Å². The van der Waals surface area contributed by atoms with E-state index in [2.05, 4.69) is 11.4 Å². The summed E-state index contributed by atoms with van der Waals surface area (Å²) in [6, 6.07) is 15.8. The second-order valence-corrected chi connectivity index (χ2v) is 6.93. The molecule has 0 aliphatic carbocycles. The summed E-state index contributed by atoms with van der Waals surface area (Å²) in [5.74, 6) is 0. The van der Waals surface area contributed by atoms with Crippen LogP contribution in [0.1, 0.15) is 17.2 Å². The van der Waals surface area contributed by atoms with E-state index >= 15 is 0 Å². The van der Waals surface area contributed by atoms with Crippen molar-refractivity contribution in [2.75, 3.05) is 11.6 Å². The lowest BCUT2D eigenvalue weighted by molar-refractivity contribution is 0.602. The normalized spacial score (nSPS) is 12.4. The third-order valence-electron chi connectivity index (χ3n) is 3.13. The van der Waals surface area contributed by atoms with E-state index in [-0.39, 0.29) is 4.90 Å². The van der Waals surface area contributed by atoms with Gasteiger partial charge in [0.05, 0.1) is 11.0 Å². The zero-order valence-electron chi connectivity index (χ0n) is 11.9. The van der Waals surface area contributed by atoms with Crippen LogP contribution < -0.4 is 5.32 Å². The first kappa shape index (κ1) is 15.1. The third kappa shape index (κ3) is 3.83. The first-order valence-corrected chi connectivity index (χ1v) is 8.32. The summed E-state index contributed by atoms with van der Waals surface area (Å²) in [6.45, 7) is 1.99. The molecule has 0 aromatic heterocycles. The van der Waals surface area contributed by atoms with E-state index in [1.807, 2.05) is 31.2 Å². The van der Waals surface area contributed by atoms with Crippen LogP contribution >= 0.6 is 0 Å². The number of aryl methyl sites for hydroxylation is 1. The Balaban J connectivity index is 2.20. The smallest absolute Gasteiger partial charge is 0.175 e. The molecule has 1 atom stereocenters. The Kier molecular flexibility index (Phi) is 4.29. The van der Waals surface area contributed by atoms with E-state index in [4.69, 9.17) is 0 Å². The molecule has 4 nitrogen and oxygen atoms in total. The maximum absolute atomic E-state index is 11.4. The van der Waals surface area contributed by atoms with Crippen molar-refractivity contribution in [2.45, 2.75) is 17.9 Å². The number of hydrogen-bond acceptors (Lipinski definition) is 4. The maximum Gasteiger partial charge on any atom is 0.175 e. The fraction of sp³-hybridized carbons (Fsp3) is 0.188. The van der Waals surface area contributed by atoms with Gasteiger partial charge in [0.1, 0.15) is 6.04 Å². The van der Waals surface area contributed by atoms with E-state index in [1.54, 1.807) is 12.1 Å². The van der Waals surface area contributed by atoms with Gasteiger partial charge < -0.3 is 5.32 Å². The molecule has 0 bridgehead atoms. The zero-order chi connectivity index (χ0) is 15.5. The highest BCUT2D eigenvalue weighted by atomic mass is 32.2. The van der Waals surface area contributed by atoms with Crippen LogP contribution in [0.2, 0.25) is 0 Å². The number of rotatable bonds is 4. The second-order valence-electron chi connectivity index (χ2n) is 4.91. The van der Waals surface area contributed by atoms with Crippen molar-refractivity contribution in [2.24, 2.45) is 0 Å². The van der Waals surface area contributed by atoms with Crippen LogP contribution in [0.15, 0.2) is 53.4 Å². The van der Waals surface area contributed by atoms with Gasteiger partial charge in [0.15, 0.2) is 9.84 Å². The van der Waals surface area contributed by atoms with Gasteiger partial charge in [-0.15, -0.1) is 0 Å². The van der Waals surface area contributed by atoms with Crippen molar-refractivity contribution in [3.63, 3.8) is 0 Å². The van der Waals surface area contributed by atoms with Gasteiger partial charge in [-0.25, -0.2) is 8.42 Å². The SMILES string of the molecule is Cc1ccc(C(C#N)Nc2ccc(S(C)(=O)=O)cc2)cc1. The first-order chi connectivity index (χ1) is 9.90. The van der Waals surface area contributed by atoms with Crippen molar-refractivity contribution < 1.29 is 8.42 Å². The molecule has 0 saturated carbocycles. The minimum Gasteiger partial charge on any atom is -0.366 e. The van der Waals surface area contributed by atoms with Crippen LogP contribution in [0.4, 0.5) is 5.69 Å². The number of nitriles is 1. The van der Waals surface area contributed by atoms with Crippen LogP contribution in [0.5, 0.6) is 0 Å². The molecule has 2 aromatic carbocycles. The summed E-state index contributed by atoms with van der Waals surface area (Å²) in [6.07, 6.45) is 1.17. The number of hydrogen-bond donors (Lipinski definition) is 1. The molecule has 0 radical (unpaired) electrons. The third-order valence-corrected chi connectivity index (χ3v) is 4.26. The molecule has 0 aliphatic rings. The molecule has 0 aliphatic heterocycles. The lowest BCUT2D eigenvalue weighted by atomic mass is 10.1. The molecule has 1 unspecified atom stereocenters. The highest BCUT2D eigenvalue weighted by Gasteiger charge is 2.11. The number of sulfone groups is 1. The summed E-state index contributed by atoms with van der Waals surface area (Å²) in [5.41, 5.74) is 2.71. The summed E-state index contributed by atoms with van der Waals surface area (Å²) < 4.78 is 22.8. The molecule has 0 saturated heterocycles. The summed E-state index contributed by atoms with van der Waals surface area (Å²) in [7, 11) is -3.20. The van der Waals surface area contributed by atoms with Crippen LogP contribution in [0.25, 0.3) is 0 Å². The molecule has 0 heterocycles. The lowest BCUT2D eigenvalue weighted by Gasteiger charge is -2.14. The van der Waals surface area contributed by atoms with Crippen molar-refractivity contribution in [1.82, 2.24) is 0 Å². The number of benzene rings is 2. The van der Waals surface area contributed by atoms with Gasteiger partial charge in [0.2, 0.25) is 0 Å². The van der Waals surface area contributed by atoms with Crippen molar-refractivity contribution >= 4 is 15.5 Å². The van der Waals surface area contributed by atoms with Gasteiger partial charge in [0.25, 0.3) is 0 Å². The van der Waals surface area contributed by atoms with Crippen molar-refractivity contribution in [1.29, 1.82) is 5.26 Å². The Bertz CT molecular complexity index is 757. The molecule has 2 rings (SSSR count). The fourth-order valence-electron chi connectivity index (χ4n) is 1.91. The van der Waals surface area contributed by atoms with E-state index < -0.39 is 15.9 Å². The predicted molar refractivity (Wildman–Crippen MR) is 82.7 cm³/mol. The molecule has 0 spiro atoms. The molecule has 0 amide bonds. The standard InChI is InChI=1S/C16H16N2O2S/c1-12-3-5-13(6-4-12)16(11-17)18-14-7-9-15(10-8-14)21(2,19)20/h3-10,16,18H,1-2H3. The van der Waals surface area contributed by atoms with Crippen LogP contribution in [-0.4, -0.2) is 14.7 Å². The van der Waals surface area contributed by atoms with Gasteiger partial charge in [-0.3, -0.25) is 0 Å². The minimum absolute atomic E-state index is 0.261. The maximum atomic E-state index is 11.4. The van der Waals surface area contributed by atoms with Gasteiger partial charge in [-0.1, -0.05) is 29.8 Å². The van der Waals surface area contributed by atoms with Gasteiger partial charge in [0, 0.05) is 11.9 Å². The van der Waals surface area contributed by atoms with E-state index in [0.717, 1.165) is 11.1 Å². The average molecular weight is 300 g/mol. The monoisotopic (exact) mass is 300 g/mol. The minimum atomic E-state index is -3.20. The highest BCUT2D eigenvalue weighted by molar-refractivity contribution is 7.90. The Morgan fingerprint density at radius 2 is 1.62 bits per heavy atom. The van der Waals surface area contributed by atoms with Gasteiger partial charge in [-0.2, -0.15) is 5.26 Å². The van der Waals surface area contributed by atoms with Crippen molar-refractivity contribution in [3.05, 3.63) is 59.7 Å². The largest absolute Gasteiger partial charge is 0.366 e. The van der Waals surface area contributed by atoms with Crippen molar-refractivity contribution in [3.8, 4) is 6.07 Å². The second kappa shape index (κ2) is 5.98. The van der Waals surface area contributed by atoms with Crippen LogP contribution in [-0.2, 0) is 9.84 Å². The molecule has 1 N–H and O–H groups in total. The molecule has 0 fully saturated rings. The molecular weight excluding hydrogens is 284 g/mol. The number of nitrogens with one attached hydrogen (secondary N) is 1. The van der Waals surface area contributed by atoms with Crippen LogP contribution in [0, 0.1) is 18.3 Å². The van der Waals surface area contributed by atoms with Crippen LogP contribution in [0.3, 0.4) is 0 Å². The summed E-state index contributed by atoms with van der Waals surface area (Å²) in [5, 5.41) is 12.4.